The van der Waals surface area contributed by atoms with E-state index in [1.807, 2.05) is 33.2 Å². The lowest BCUT2D eigenvalue weighted by atomic mass is 10.2. The molecule has 0 aliphatic rings. The molecule has 0 unspecified atom stereocenters. The van der Waals surface area contributed by atoms with Crippen LogP contribution < -0.4 is 5.32 Å². The van der Waals surface area contributed by atoms with Crippen molar-refractivity contribution < 1.29 is 4.52 Å². The number of aromatic nitrogens is 3. The predicted molar refractivity (Wildman–Crippen MR) is 56.5 cm³/mol. The van der Waals surface area contributed by atoms with Crippen LogP contribution in [0.4, 0.5) is 5.82 Å². The maximum atomic E-state index is 4.96. The van der Waals surface area contributed by atoms with E-state index in [2.05, 4.69) is 15.6 Å². The van der Waals surface area contributed by atoms with E-state index >= 15 is 0 Å². The molecule has 1 N–H and O–H groups in total. The zero-order valence-corrected chi connectivity index (χ0v) is 9.11. The largest absolute Gasteiger partial charge is 0.363 e. The average Bonchev–Trinajstić information content (AvgIpc) is 2.70. The van der Waals surface area contributed by atoms with E-state index in [-0.39, 0.29) is 0 Å². The maximum Gasteiger partial charge on any atom is 0.169 e. The molecular formula is C10H14N4O. The molecule has 5 heteroatoms. The van der Waals surface area contributed by atoms with Crippen molar-refractivity contribution in [3.05, 3.63) is 29.3 Å². The summed E-state index contributed by atoms with van der Waals surface area (Å²) >= 11 is 0. The Balaban J connectivity index is 2.01. The smallest absolute Gasteiger partial charge is 0.169 e. The van der Waals surface area contributed by atoms with Crippen LogP contribution in [0.3, 0.4) is 0 Å². The molecule has 2 heterocycles. The quantitative estimate of drug-likeness (QED) is 0.829. The van der Waals surface area contributed by atoms with E-state index < -0.39 is 0 Å². The molecule has 0 saturated carbocycles. The second-order valence-corrected chi connectivity index (χ2v) is 3.59. The van der Waals surface area contributed by atoms with Gasteiger partial charge in [0, 0.05) is 31.4 Å². The summed E-state index contributed by atoms with van der Waals surface area (Å²) < 4.78 is 6.76. The van der Waals surface area contributed by atoms with Crippen molar-refractivity contribution in [2.45, 2.75) is 20.4 Å². The summed E-state index contributed by atoms with van der Waals surface area (Å²) in [6, 6.07) is 1.87. The SMILES string of the molecule is Cc1cc(NCc2cn(C)nc2C)no1. The van der Waals surface area contributed by atoms with Crippen molar-refractivity contribution in [1.29, 1.82) is 0 Å². The van der Waals surface area contributed by atoms with Crippen LogP contribution in [0, 0.1) is 13.8 Å². The van der Waals surface area contributed by atoms with Gasteiger partial charge in [-0.3, -0.25) is 4.68 Å². The van der Waals surface area contributed by atoms with Crippen molar-refractivity contribution in [1.82, 2.24) is 14.9 Å². The van der Waals surface area contributed by atoms with Gasteiger partial charge in [0.2, 0.25) is 0 Å². The monoisotopic (exact) mass is 206 g/mol. The lowest BCUT2D eigenvalue weighted by Crippen LogP contribution is -1.99. The van der Waals surface area contributed by atoms with Gasteiger partial charge in [-0.05, 0) is 13.8 Å². The number of nitrogens with zero attached hydrogens (tertiary/aromatic N) is 3. The topological polar surface area (TPSA) is 55.9 Å². The Morgan fingerprint density at radius 2 is 2.27 bits per heavy atom. The minimum absolute atomic E-state index is 0.714. The lowest BCUT2D eigenvalue weighted by molar-refractivity contribution is 0.399. The van der Waals surface area contributed by atoms with Gasteiger partial charge >= 0.3 is 0 Å². The first-order valence-electron chi connectivity index (χ1n) is 4.81. The van der Waals surface area contributed by atoms with Crippen LogP contribution in [-0.2, 0) is 13.6 Å². The Kier molecular flexibility index (Phi) is 2.45. The van der Waals surface area contributed by atoms with Crippen LogP contribution in [-0.4, -0.2) is 14.9 Å². The minimum Gasteiger partial charge on any atom is -0.363 e. The fourth-order valence-electron chi connectivity index (χ4n) is 1.46. The van der Waals surface area contributed by atoms with Crippen molar-refractivity contribution in [2.24, 2.45) is 7.05 Å². The first-order chi connectivity index (χ1) is 7.15. The third-order valence-corrected chi connectivity index (χ3v) is 2.20. The maximum absolute atomic E-state index is 4.96. The van der Waals surface area contributed by atoms with E-state index in [1.165, 1.54) is 0 Å². The molecule has 0 radical (unpaired) electrons. The van der Waals surface area contributed by atoms with E-state index in [4.69, 9.17) is 4.52 Å². The van der Waals surface area contributed by atoms with E-state index in [1.54, 1.807) is 4.68 Å². The molecule has 0 aliphatic heterocycles. The highest BCUT2D eigenvalue weighted by Gasteiger charge is 2.04. The highest BCUT2D eigenvalue weighted by molar-refractivity contribution is 5.35. The summed E-state index contributed by atoms with van der Waals surface area (Å²) in [6.07, 6.45) is 2.00. The van der Waals surface area contributed by atoms with Gasteiger partial charge in [0.15, 0.2) is 5.82 Å². The van der Waals surface area contributed by atoms with E-state index in [0.29, 0.717) is 6.54 Å². The van der Waals surface area contributed by atoms with Gasteiger partial charge in [-0.25, -0.2) is 0 Å². The van der Waals surface area contributed by atoms with Crippen LogP contribution in [0.2, 0.25) is 0 Å². The highest BCUT2D eigenvalue weighted by atomic mass is 16.5. The summed E-state index contributed by atoms with van der Waals surface area (Å²) in [5.41, 5.74) is 2.20. The van der Waals surface area contributed by atoms with E-state index in [0.717, 1.165) is 22.8 Å². The van der Waals surface area contributed by atoms with Gasteiger partial charge < -0.3 is 9.84 Å². The van der Waals surface area contributed by atoms with Gasteiger partial charge in [0.05, 0.1) is 5.69 Å². The fourth-order valence-corrected chi connectivity index (χ4v) is 1.46. The molecule has 0 atom stereocenters. The summed E-state index contributed by atoms with van der Waals surface area (Å²) in [6.45, 7) is 4.57. The summed E-state index contributed by atoms with van der Waals surface area (Å²) in [7, 11) is 1.91. The molecule has 15 heavy (non-hydrogen) atoms. The number of aryl methyl sites for hydroxylation is 3. The van der Waals surface area contributed by atoms with Crippen LogP contribution in [0.1, 0.15) is 17.0 Å². The Morgan fingerprint density at radius 3 is 2.80 bits per heavy atom. The van der Waals surface area contributed by atoms with Gasteiger partial charge in [-0.1, -0.05) is 5.16 Å². The average molecular weight is 206 g/mol. The third-order valence-electron chi connectivity index (χ3n) is 2.20. The second-order valence-electron chi connectivity index (χ2n) is 3.59. The van der Waals surface area contributed by atoms with Crippen LogP contribution in [0.15, 0.2) is 16.8 Å². The Morgan fingerprint density at radius 1 is 1.47 bits per heavy atom. The van der Waals surface area contributed by atoms with Crippen molar-refractivity contribution in [2.75, 3.05) is 5.32 Å². The molecule has 2 rings (SSSR count). The number of anilines is 1. The number of hydrogen-bond donors (Lipinski definition) is 1. The summed E-state index contributed by atoms with van der Waals surface area (Å²) in [5.74, 6) is 1.57. The van der Waals surface area contributed by atoms with Gasteiger partial charge in [-0.2, -0.15) is 5.10 Å². The van der Waals surface area contributed by atoms with Crippen molar-refractivity contribution in [3.8, 4) is 0 Å². The molecular weight excluding hydrogens is 192 g/mol. The molecule has 0 fully saturated rings. The normalized spacial score (nSPS) is 10.6. The molecule has 80 valence electrons. The van der Waals surface area contributed by atoms with Crippen LogP contribution in [0.25, 0.3) is 0 Å². The molecule has 5 nitrogen and oxygen atoms in total. The second kappa shape index (κ2) is 3.76. The Bertz CT molecular complexity index is 458. The highest BCUT2D eigenvalue weighted by Crippen LogP contribution is 2.10. The van der Waals surface area contributed by atoms with Gasteiger partial charge in [0.1, 0.15) is 5.76 Å². The van der Waals surface area contributed by atoms with Crippen LogP contribution in [0.5, 0.6) is 0 Å². The number of rotatable bonds is 3. The molecule has 0 bridgehead atoms. The van der Waals surface area contributed by atoms with E-state index in [9.17, 15) is 0 Å². The third kappa shape index (κ3) is 2.18. The predicted octanol–water partition coefficient (Wildman–Crippen LogP) is 1.64. The fraction of sp³-hybridized carbons (Fsp3) is 0.400. The standard InChI is InChI=1S/C10H14N4O/c1-7-4-10(13-15-7)11-5-9-6-14(3)12-8(9)2/h4,6H,5H2,1-3H3,(H,11,13). The lowest BCUT2D eigenvalue weighted by Gasteiger charge is -1.99. The van der Waals surface area contributed by atoms with Crippen molar-refractivity contribution in [3.63, 3.8) is 0 Å². The molecule has 0 spiro atoms. The summed E-state index contributed by atoms with van der Waals surface area (Å²) in [5, 5.41) is 11.3. The Hall–Kier alpha value is -1.78. The van der Waals surface area contributed by atoms with Crippen LogP contribution >= 0.6 is 0 Å². The molecule has 2 aromatic rings. The molecule has 2 aromatic heterocycles. The van der Waals surface area contributed by atoms with Gasteiger partial charge in [0.25, 0.3) is 0 Å². The van der Waals surface area contributed by atoms with Gasteiger partial charge in [-0.15, -0.1) is 0 Å². The first-order valence-corrected chi connectivity index (χ1v) is 4.81. The molecule has 0 amide bonds. The Labute approximate surface area is 88.1 Å². The number of hydrogen-bond acceptors (Lipinski definition) is 4. The minimum atomic E-state index is 0.714. The molecule has 0 saturated heterocycles. The first kappa shape index (κ1) is 9.76. The zero-order chi connectivity index (χ0) is 10.8. The van der Waals surface area contributed by atoms with Crippen molar-refractivity contribution >= 4 is 5.82 Å². The zero-order valence-electron chi connectivity index (χ0n) is 9.11. The number of nitrogens with one attached hydrogen (secondary N) is 1. The molecule has 0 aromatic carbocycles. The molecule has 0 aliphatic carbocycles. The summed E-state index contributed by atoms with van der Waals surface area (Å²) in [4.78, 5) is 0.